The topological polar surface area (TPSA) is 71.1 Å². The van der Waals surface area contributed by atoms with Gasteiger partial charge in [-0.15, -0.1) is 11.3 Å². The van der Waals surface area contributed by atoms with Crippen LogP contribution in [0.5, 0.6) is 0 Å². The molecule has 0 fully saturated rings. The maximum atomic E-state index is 12.9. The van der Waals surface area contributed by atoms with Crippen LogP contribution in [-0.2, 0) is 10.0 Å². The quantitative estimate of drug-likeness (QED) is 0.681. The molecule has 9 heteroatoms. The summed E-state index contributed by atoms with van der Waals surface area (Å²) in [5.41, 5.74) is 0.995. The number of benzene rings is 1. The number of aromatic nitrogens is 1. The van der Waals surface area contributed by atoms with Gasteiger partial charge in [0.2, 0.25) is 0 Å². The Balaban J connectivity index is 1.71. The van der Waals surface area contributed by atoms with E-state index >= 15 is 0 Å². The summed E-state index contributed by atoms with van der Waals surface area (Å²) < 4.78 is 40.2. The average Bonchev–Trinajstić information content (AvgIpc) is 2.99. The first-order valence-corrected chi connectivity index (χ1v) is 9.37. The van der Waals surface area contributed by atoms with Crippen LogP contribution in [0.4, 0.5) is 21.6 Å². The number of hydrogen-bond acceptors (Lipinski definition) is 5. The summed E-state index contributed by atoms with van der Waals surface area (Å²) in [4.78, 5) is 4.12. The molecule has 124 valence electrons. The van der Waals surface area contributed by atoms with Gasteiger partial charge in [0, 0.05) is 5.69 Å². The van der Waals surface area contributed by atoms with Crippen LogP contribution in [0, 0.1) is 5.82 Å². The lowest BCUT2D eigenvalue weighted by atomic mass is 10.3. The summed E-state index contributed by atoms with van der Waals surface area (Å²) in [6.07, 6.45) is 1.39. The van der Waals surface area contributed by atoms with Gasteiger partial charge in [0.05, 0.1) is 16.2 Å². The summed E-state index contributed by atoms with van der Waals surface area (Å²) in [5, 5.41) is 2.99. The number of thiophene rings is 1. The summed E-state index contributed by atoms with van der Waals surface area (Å²) in [6, 6.07) is 12.0. The Morgan fingerprint density at radius 1 is 1.00 bits per heavy atom. The van der Waals surface area contributed by atoms with E-state index in [4.69, 9.17) is 11.6 Å². The molecule has 0 bridgehead atoms. The molecule has 0 saturated heterocycles. The van der Waals surface area contributed by atoms with Gasteiger partial charge in [0.15, 0.2) is 0 Å². The molecule has 0 radical (unpaired) electrons. The van der Waals surface area contributed by atoms with Crippen LogP contribution < -0.4 is 10.0 Å². The van der Waals surface area contributed by atoms with Gasteiger partial charge in [0.25, 0.3) is 10.0 Å². The van der Waals surface area contributed by atoms with Crippen molar-refractivity contribution < 1.29 is 12.8 Å². The Labute approximate surface area is 147 Å². The fourth-order valence-electron chi connectivity index (χ4n) is 1.86. The van der Waals surface area contributed by atoms with E-state index in [1.54, 1.807) is 24.3 Å². The first kappa shape index (κ1) is 16.7. The smallest absolute Gasteiger partial charge is 0.271 e. The van der Waals surface area contributed by atoms with E-state index in [-0.39, 0.29) is 10.0 Å². The molecular weight excluding hydrogens is 373 g/mol. The van der Waals surface area contributed by atoms with E-state index in [0.29, 0.717) is 21.5 Å². The van der Waals surface area contributed by atoms with Crippen molar-refractivity contribution in [2.45, 2.75) is 4.21 Å². The number of pyridine rings is 1. The third-order valence-electron chi connectivity index (χ3n) is 2.95. The molecule has 0 spiro atoms. The second-order valence-corrected chi connectivity index (χ2v) is 8.35. The maximum Gasteiger partial charge on any atom is 0.271 e. The lowest BCUT2D eigenvalue weighted by Gasteiger charge is -2.08. The number of nitrogens with one attached hydrogen (secondary N) is 2. The van der Waals surface area contributed by atoms with E-state index < -0.39 is 10.0 Å². The number of rotatable bonds is 5. The molecule has 0 aliphatic heterocycles. The number of sulfonamides is 1. The summed E-state index contributed by atoms with van der Waals surface area (Å²) in [5.74, 6) is 0.177. The Bertz CT molecular complexity index is 942. The Morgan fingerprint density at radius 2 is 1.71 bits per heavy atom. The number of nitrogens with zero attached hydrogens (tertiary/aromatic N) is 1. The van der Waals surface area contributed by atoms with Crippen LogP contribution >= 0.6 is 22.9 Å². The number of halogens is 2. The van der Waals surface area contributed by atoms with Crippen LogP contribution in [-0.4, -0.2) is 13.4 Å². The molecule has 0 aliphatic carbocycles. The van der Waals surface area contributed by atoms with Crippen molar-refractivity contribution in [1.82, 2.24) is 4.98 Å². The van der Waals surface area contributed by atoms with E-state index in [1.165, 1.54) is 30.5 Å². The summed E-state index contributed by atoms with van der Waals surface area (Å²) in [7, 11) is -3.69. The molecular formula is C15H11ClFN3O2S2. The van der Waals surface area contributed by atoms with Crippen LogP contribution in [0.1, 0.15) is 0 Å². The minimum Gasteiger partial charge on any atom is -0.340 e. The zero-order valence-electron chi connectivity index (χ0n) is 12.0. The Hall–Kier alpha value is -2.16. The third kappa shape index (κ3) is 4.02. The standard InChI is InChI=1S/C15H11ClFN3O2S2/c16-13-6-8-15(23-13)24(21,22)20-12-5-7-14(18-9-12)19-11-3-1-10(17)2-4-11/h1-9,20H,(H,18,19). The van der Waals surface area contributed by atoms with Gasteiger partial charge in [-0.3, -0.25) is 4.72 Å². The van der Waals surface area contributed by atoms with E-state index in [2.05, 4.69) is 15.0 Å². The van der Waals surface area contributed by atoms with Crippen molar-refractivity contribution in [3.8, 4) is 0 Å². The second-order valence-electron chi connectivity index (χ2n) is 4.73. The molecule has 3 aromatic rings. The molecule has 0 aliphatic rings. The van der Waals surface area contributed by atoms with Gasteiger partial charge in [-0.2, -0.15) is 0 Å². The number of hydrogen-bond donors (Lipinski definition) is 2. The van der Waals surface area contributed by atoms with Gasteiger partial charge in [-0.05, 0) is 48.5 Å². The van der Waals surface area contributed by atoms with Crippen LogP contribution in [0.2, 0.25) is 4.34 Å². The molecule has 0 unspecified atom stereocenters. The lowest BCUT2D eigenvalue weighted by Crippen LogP contribution is -2.11. The highest BCUT2D eigenvalue weighted by Gasteiger charge is 2.16. The van der Waals surface area contributed by atoms with Crippen molar-refractivity contribution in [3.63, 3.8) is 0 Å². The summed E-state index contributed by atoms with van der Waals surface area (Å²) in [6.45, 7) is 0. The SMILES string of the molecule is O=S(=O)(Nc1ccc(Nc2ccc(F)cc2)nc1)c1ccc(Cl)s1. The Kier molecular flexibility index (Phi) is 4.70. The molecule has 0 amide bonds. The molecule has 2 aromatic heterocycles. The summed E-state index contributed by atoms with van der Waals surface area (Å²) >= 11 is 6.73. The van der Waals surface area contributed by atoms with E-state index in [1.807, 2.05) is 0 Å². The largest absolute Gasteiger partial charge is 0.340 e. The molecule has 24 heavy (non-hydrogen) atoms. The van der Waals surface area contributed by atoms with Crippen LogP contribution in [0.15, 0.2) is 58.9 Å². The first-order valence-electron chi connectivity index (χ1n) is 6.69. The van der Waals surface area contributed by atoms with Crippen molar-refractivity contribution in [1.29, 1.82) is 0 Å². The molecule has 0 atom stereocenters. The maximum absolute atomic E-state index is 12.9. The molecule has 2 heterocycles. The predicted octanol–water partition coefficient (Wildman–Crippen LogP) is 4.48. The molecule has 3 rings (SSSR count). The average molecular weight is 384 g/mol. The Morgan fingerprint density at radius 3 is 2.29 bits per heavy atom. The van der Waals surface area contributed by atoms with Crippen LogP contribution in [0.25, 0.3) is 0 Å². The van der Waals surface area contributed by atoms with Gasteiger partial charge >= 0.3 is 0 Å². The van der Waals surface area contributed by atoms with Crippen molar-refractivity contribution in [3.05, 3.63) is 64.9 Å². The minimum atomic E-state index is -3.69. The van der Waals surface area contributed by atoms with Crippen molar-refractivity contribution >= 4 is 50.2 Å². The third-order valence-corrected chi connectivity index (χ3v) is 6.05. The van der Waals surface area contributed by atoms with E-state index in [0.717, 1.165) is 11.3 Å². The number of anilines is 3. The molecule has 5 nitrogen and oxygen atoms in total. The monoisotopic (exact) mass is 383 g/mol. The first-order chi connectivity index (χ1) is 11.4. The highest BCUT2D eigenvalue weighted by molar-refractivity contribution is 7.94. The highest BCUT2D eigenvalue weighted by atomic mass is 35.5. The zero-order valence-corrected chi connectivity index (χ0v) is 14.4. The van der Waals surface area contributed by atoms with Crippen LogP contribution in [0.3, 0.4) is 0 Å². The van der Waals surface area contributed by atoms with Gasteiger partial charge < -0.3 is 5.32 Å². The highest BCUT2D eigenvalue weighted by Crippen LogP contribution is 2.27. The lowest BCUT2D eigenvalue weighted by molar-refractivity contribution is 0.603. The normalized spacial score (nSPS) is 11.2. The van der Waals surface area contributed by atoms with Crippen molar-refractivity contribution in [2.24, 2.45) is 0 Å². The second kappa shape index (κ2) is 6.76. The fourth-order valence-corrected chi connectivity index (χ4v) is 4.38. The van der Waals surface area contributed by atoms with E-state index in [9.17, 15) is 12.8 Å². The molecule has 1 aromatic carbocycles. The zero-order chi connectivity index (χ0) is 17.2. The van der Waals surface area contributed by atoms with Gasteiger partial charge in [0.1, 0.15) is 15.8 Å². The van der Waals surface area contributed by atoms with Crippen molar-refractivity contribution in [2.75, 3.05) is 10.0 Å². The molecule has 0 saturated carbocycles. The van der Waals surface area contributed by atoms with Gasteiger partial charge in [-0.1, -0.05) is 11.6 Å². The minimum absolute atomic E-state index is 0.126. The molecule has 2 N–H and O–H groups in total. The predicted molar refractivity (Wildman–Crippen MR) is 94.1 cm³/mol. The fraction of sp³-hybridized carbons (Fsp3) is 0. The van der Waals surface area contributed by atoms with Gasteiger partial charge in [-0.25, -0.2) is 17.8 Å².